The smallest absolute Gasteiger partial charge is 0.437 e. The maximum Gasteiger partial charge on any atom is 0.437 e. The molecule has 0 aliphatic carbocycles. The van der Waals surface area contributed by atoms with Crippen LogP contribution in [-0.2, 0) is 21.0 Å². The Kier molecular flexibility index (Phi) is 8.31. The lowest BCUT2D eigenvalue weighted by Gasteiger charge is -2.30. The lowest BCUT2D eigenvalue weighted by molar-refractivity contribution is -0.283. The van der Waals surface area contributed by atoms with Gasteiger partial charge in [0.15, 0.2) is 14.7 Å². The Morgan fingerprint density at radius 3 is 1.61 bits per heavy atom. The van der Waals surface area contributed by atoms with E-state index in [9.17, 15) is 34.8 Å². The van der Waals surface area contributed by atoms with Crippen molar-refractivity contribution in [3.05, 3.63) is 84.9 Å². The number of hydrogen-bond acceptors (Lipinski definition) is 3. The summed E-state index contributed by atoms with van der Waals surface area (Å²) in [5, 5.41) is -6.35. The van der Waals surface area contributed by atoms with Gasteiger partial charge in [-0.2, -0.15) is 34.8 Å². The van der Waals surface area contributed by atoms with E-state index >= 15 is 0 Å². The first-order chi connectivity index (χ1) is 16.8. The second-order valence-electron chi connectivity index (χ2n) is 7.63. The molecule has 0 radical (unpaired) electrons. The van der Waals surface area contributed by atoms with Crippen molar-refractivity contribution in [2.24, 2.45) is 0 Å². The van der Waals surface area contributed by atoms with Crippen LogP contribution in [0.5, 0.6) is 5.75 Å². The number of hydrogen-bond donors (Lipinski definition) is 1. The molecule has 194 valence electrons. The third-order valence-corrected chi connectivity index (χ3v) is 8.20. The van der Waals surface area contributed by atoms with E-state index in [2.05, 4.69) is 0 Å². The Hall–Kier alpha value is -2.70. The van der Waals surface area contributed by atoms with Crippen molar-refractivity contribution in [3.8, 4) is 5.75 Å². The molecule has 3 aromatic carbocycles. The zero-order chi connectivity index (χ0) is 26.6. The minimum atomic E-state index is -6.76. The van der Waals surface area contributed by atoms with Crippen LogP contribution in [0.15, 0.2) is 99.6 Å². The first-order valence-corrected chi connectivity index (χ1v) is 13.1. The largest absolute Gasteiger partial charge is 0.494 e. The summed E-state index contributed by atoms with van der Waals surface area (Å²) in [6.45, 7) is -0.522. The number of rotatable bonds is 11. The van der Waals surface area contributed by atoms with Crippen LogP contribution in [0.1, 0.15) is 12.8 Å². The molecule has 0 unspecified atom stereocenters. The average Bonchev–Trinajstić information content (AvgIpc) is 2.83. The van der Waals surface area contributed by atoms with Crippen LogP contribution < -0.4 is 4.74 Å². The molecule has 3 rings (SSSR count). The Balaban J connectivity index is 1.66. The fourth-order valence-electron chi connectivity index (χ4n) is 3.21. The highest BCUT2D eigenvalue weighted by Crippen LogP contribution is 2.49. The summed E-state index contributed by atoms with van der Waals surface area (Å²) >= 11 is 0. The summed E-state index contributed by atoms with van der Waals surface area (Å²) in [7, 11) is -7.21. The highest BCUT2D eigenvalue weighted by Gasteiger charge is 2.76. The molecular weight excluding hydrogens is 530 g/mol. The van der Waals surface area contributed by atoms with Crippen LogP contribution in [0.4, 0.5) is 26.3 Å². The second-order valence-corrected chi connectivity index (χ2v) is 11.1. The number of halogens is 6. The molecule has 4 nitrogen and oxygen atoms in total. The molecule has 3 aromatic rings. The van der Waals surface area contributed by atoms with Crippen LogP contribution in [0.25, 0.3) is 0 Å². The van der Waals surface area contributed by atoms with Gasteiger partial charge < -0.3 is 4.74 Å². The second kappa shape index (κ2) is 10.7. The third kappa shape index (κ3) is 5.81. The first kappa shape index (κ1) is 27.9. The van der Waals surface area contributed by atoms with Crippen molar-refractivity contribution in [1.82, 2.24) is 0 Å². The van der Waals surface area contributed by atoms with E-state index < -0.39 is 57.6 Å². The summed E-state index contributed by atoms with van der Waals surface area (Å²) in [4.78, 5) is 3.04. The molecule has 0 spiro atoms. The van der Waals surface area contributed by atoms with Crippen molar-refractivity contribution in [2.45, 2.75) is 44.6 Å². The van der Waals surface area contributed by atoms with Crippen molar-refractivity contribution < 1.29 is 44.0 Å². The maximum absolute atomic E-state index is 13.8. The topological polar surface area (TPSA) is 63.6 Å². The molecule has 0 fully saturated rings. The summed E-state index contributed by atoms with van der Waals surface area (Å²) in [6.07, 6.45) is -2.58. The molecule has 0 saturated carbocycles. The lowest BCUT2D eigenvalue weighted by atomic mass is 10.1. The minimum Gasteiger partial charge on any atom is -0.494 e. The van der Waals surface area contributed by atoms with Gasteiger partial charge in [-0.1, -0.05) is 36.4 Å². The van der Waals surface area contributed by atoms with E-state index in [0.717, 1.165) is 14.7 Å². The molecule has 0 heterocycles. The Morgan fingerprint density at radius 1 is 0.722 bits per heavy atom. The van der Waals surface area contributed by atoms with Crippen LogP contribution >= 0.6 is 0 Å². The number of alkyl halides is 6. The first-order valence-electron chi connectivity index (χ1n) is 10.5. The van der Waals surface area contributed by atoms with Gasteiger partial charge in [0, 0.05) is 6.42 Å². The van der Waals surface area contributed by atoms with E-state index in [1.807, 2.05) is 60.7 Å². The van der Waals surface area contributed by atoms with Crippen LogP contribution in [0.3, 0.4) is 0 Å². The Bertz CT molecular complexity index is 1200. The van der Waals surface area contributed by atoms with Crippen LogP contribution in [-0.4, -0.2) is 36.7 Å². The van der Waals surface area contributed by atoms with Gasteiger partial charge >= 0.3 is 27.2 Å². The Morgan fingerprint density at radius 2 is 1.17 bits per heavy atom. The SMILES string of the molecule is O=S(=O)(O)C(F)(F)C(F)(F)C(F)(F)CCCOc1ccc([S+](c2ccccc2)c2ccccc2)cc1. The van der Waals surface area contributed by atoms with Gasteiger partial charge in [-0.05, 0) is 55.0 Å². The predicted molar refractivity (Wildman–Crippen MR) is 123 cm³/mol. The summed E-state index contributed by atoms with van der Waals surface area (Å²) < 4.78 is 116. The molecule has 0 amide bonds. The minimum absolute atomic E-state index is 0.238. The molecule has 36 heavy (non-hydrogen) atoms. The molecule has 0 saturated heterocycles. The van der Waals surface area contributed by atoms with E-state index in [1.165, 1.54) is 0 Å². The van der Waals surface area contributed by atoms with E-state index in [0.29, 0.717) is 0 Å². The molecule has 0 aliphatic heterocycles. The molecule has 0 atom stereocenters. The maximum atomic E-state index is 13.8. The van der Waals surface area contributed by atoms with Crippen molar-refractivity contribution in [3.63, 3.8) is 0 Å². The predicted octanol–water partition coefficient (Wildman–Crippen LogP) is 6.69. The van der Waals surface area contributed by atoms with Gasteiger partial charge in [0.25, 0.3) is 0 Å². The van der Waals surface area contributed by atoms with Crippen LogP contribution in [0, 0.1) is 0 Å². The third-order valence-electron chi connectivity index (χ3n) is 5.07. The van der Waals surface area contributed by atoms with E-state index in [-0.39, 0.29) is 5.75 Å². The highest BCUT2D eigenvalue weighted by atomic mass is 32.2. The fourth-order valence-corrected chi connectivity index (χ4v) is 5.77. The van der Waals surface area contributed by atoms with Gasteiger partial charge in [0.1, 0.15) is 5.75 Å². The molecule has 12 heteroatoms. The summed E-state index contributed by atoms with van der Waals surface area (Å²) in [5.74, 6) is -11.5. The Labute approximate surface area is 207 Å². The molecule has 0 aromatic heterocycles. The fraction of sp³-hybridized carbons (Fsp3) is 0.250. The van der Waals surface area contributed by atoms with Gasteiger partial charge in [-0.15, -0.1) is 0 Å². The standard InChI is InChI=1S/C24H20F6O4S2/c25-22(26,23(27,28)24(29,30)36(31,32)33)16-7-17-34-18-12-14-21(15-13-18)35(19-8-3-1-4-9-19)20-10-5-2-6-11-20/h1-6,8-15H,7,16-17H2/p+1. The van der Waals surface area contributed by atoms with Crippen LogP contribution in [0.2, 0.25) is 0 Å². The zero-order valence-electron chi connectivity index (χ0n) is 18.5. The molecule has 0 bridgehead atoms. The number of ether oxygens (including phenoxy) is 1. The van der Waals surface area contributed by atoms with Gasteiger partial charge in [0.05, 0.1) is 17.5 Å². The molecule has 0 aliphatic rings. The summed E-state index contributed by atoms with van der Waals surface area (Å²) in [6, 6.07) is 26.1. The van der Waals surface area contributed by atoms with Gasteiger partial charge in [-0.25, -0.2) is 0 Å². The van der Waals surface area contributed by atoms with Crippen molar-refractivity contribution in [2.75, 3.05) is 6.61 Å². The molecular formula is C24H21F6O4S2+. The number of benzene rings is 3. The highest BCUT2D eigenvalue weighted by molar-refractivity contribution is 7.97. The zero-order valence-corrected chi connectivity index (χ0v) is 20.1. The van der Waals surface area contributed by atoms with Gasteiger partial charge in [-0.3, -0.25) is 4.55 Å². The normalized spacial score (nSPS) is 13.1. The average molecular weight is 552 g/mol. The van der Waals surface area contributed by atoms with E-state index in [1.54, 1.807) is 24.3 Å². The molecule has 1 N–H and O–H groups in total. The van der Waals surface area contributed by atoms with Crippen molar-refractivity contribution >= 4 is 21.0 Å². The van der Waals surface area contributed by atoms with Gasteiger partial charge in [0.2, 0.25) is 0 Å². The lowest BCUT2D eigenvalue weighted by Crippen LogP contribution is -2.57. The summed E-state index contributed by atoms with van der Waals surface area (Å²) in [5.41, 5.74) is 0. The van der Waals surface area contributed by atoms with Crippen molar-refractivity contribution in [1.29, 1.82) is 0 Å². The quantitative estimate of drug-likeness (QED) is 0.125. The van der Waals surface area contributed by atoms with E-state index in [4.69, 9.17) is 9.29 Å². The monoisotopic (exact) mass is 551 g/mol.